The number of thiophene rings is 1. The van der Waals surface area contributed by atoms with Crippen LogP contribution in [0.5, 0.6) is 0 Å². The minimum atomic E-state index is 0.0364. The van der Waals surface area contributed by atoms with Crippen molar-refractivity contribution < 1.29 is 4.79 Å². The average Bonchev–Trinajstić information content (AvgIpc) is 3.60. The second-order valence-corrected chi connectivity index (χ2v) is 9.89. The monoisotopic (exact) mass is 494 g/mol. The third-order valence-electron chi connectivity index (χ3n) is 5.75. The van der Waals surface area contributed by atoms with Crippen LogP contribution in [0.4, 0.5) is 5.69 Å². The van der Waals surface area contributed by atoms with Gasteiger partial charge in [-0.2, -0.15) is 5.10 Å². The van der Waals surface area contributed by atoms with Gasteiger partial charge < -0.3 is 10.3 Å². The Labute approximate surface area is 210 Å². The summed E-state index contributed by atoms with van der Waals surface area (Å²) in [6.45, 7) is 5.74. The molecule has 0 saturated carbocycles. The van der Waals surface area contributed by atoms with E-state index in [4.69, 9.17) is 4.98 Å². The second kappa shape index (κ2) is 8.65. The van der Waals surface area contributed by atoms with Crippen LogP contribution in [0.2, 0.25) is 0 Å². The molecule has 6 rings (SSSR count). The Kier molecular flexibility index (Phi) is 5.30. The zero-order valence-electron chi connectivity index (χ0n) is 19.8. The van der Waals surface area contributed by atoms with Crippen molar-refractivity contribution in [2.75, 3.05) is 5.32 Å². The fraction of sp³-hybridized carbons (Fsp3) is 0.154. The highest BCUT2D eigenvalue weighted by Crippen LogP contribution is 2.34. The van der Waals surface area contributed by atoms with Gasteiger partial charge in [-0.25, -0.2) is 4.98 Å². The van der Waals surface area contributed by atoms with E-state index in [1.54, 1.807) is 31.7 Å². The molecule has 3 N–H and O–H groups in total. The molecule has 0 saturated heterocycles. The van der Waals surface area contributed by atoms with Crippen molar-refractivity contribution in [3.05, 3.63) is 60.0 Å². The first-order chi connectivity index (χ1) is 17.5. The zero-order chi connectivity index (χ0) is 24.8. The summed E-state index contributed by atoms with van der Waals surface area (Å²) >= 11 is 1.42. The minimum absolute atomic E-state index is 0.0364. The number of anilines is 1. The quantitative estimate of drug-likeness (QED) is 0.253. The predicted molar refractivity (Wildman–Crippen MR) is 142 cm³/mol. The van der Waals surface area contributed by atoms with Gasteiger partial charge in [-0.15, -0.1) is 11.3 Å². The molecule has 0 aliphatic heterocycles. The number of Topliss-reactive ketones (excluding diaryl/α,β-unsaturated/α-hetero) is 1. The number of aromatic amines is 2. The number of hydrogen-bond donors (Lipinski definition) is 3. The normalized spacial score (nSPS) is 11.6. The maximum absolute atomic E-state index is 11.8. The first-order valence-corrected chi connectivity index (χ1v) is 12.3. The lowest BCUT2D eigenvalue weighted by Crippen LogP contribution is -2.09. The van der Waals surface area contributed by atoms with Gasteiger partial charge in [-0.3, -0.25) is 24.8 Å². The molecule has 0 spiro atoms. The molecule has 0 aromatic carbocycles. The molecule has 0 amide bonds. The van der Waals surface area contributed by atoms with E-state index in [0.29, 0.717) is 22.4 Å². The lowest BCUT2D eigenvalue weighted by molar-refractivity contribution is 0.102. The Hall–Kier alpha value is -4.44. The predicted octanol–water partition coefficient (Wildman–Crippen LogP) is 5.71. The SMILES string of the molecule is CC(=O)c1ccc(-c2nccc3[nH]c(-c4n[nH]c5cnc(-c6cncc(NC(C)C)c6)cc45)nc23)s1. The number of carbonyl (C=O) groups excluding carboxylic acids is 1. The number of imidazole rings is 1. The molecule has 0 radical (unpaired) electrons. The van der Waals surface area contributed by atoms with Crippen molar-refractivity contribution in [2.45, 2.75) is 26.8 Å². The number of nitrogens with one attached hydrogen (secondary N) is 3. The molecule has 9 nitrogen and oxygen atoms in total. The fourth-order valence-corrected chi connectivity index (χ4v) is 5.03. The van der Waals surface area contributed by atoms with Gasteiger partial charge in [0.2, 0.25) is 0 Å². The molecular weight excluding hydrogens is 472 g/mol. The molecule has 178 valence electrons. The first kappa shape index (κ1) is 22.1. The fourth-order valence-electron chi connectivity index (χ4n) is 4.13. The number of aromatic nitrogens is 7. The summed E-state index contributed by atoms with van der Waals surface area (Å²) < 4.78 is 0. The van der Waals surface area contributed by atoms with Crippen molar-refractivity contribution in [3.8, 4) is 33.3 Å². The van der Waals surface area contributed by atoms with Crippen LogP contribution in [0.25, 0.3) is 55.3 Å². The van der Waals surface area contributed by atoms with Crippen LogP contribution < -0.4 is 5.32 Å². The second-order valence-electron chi connectivity index (χ2n) is 8.81. The molecule has 0 aliphatic carbocycles. The lowest BCUT2D eigenvalue weighted by atomic mass is 10.1. The largest absolute Gasteiger partial charge is 0.382 e. The molecule has 0 atom stereocenters. The standard InChI is InChI=1S/C26H22N8OS/c1-13(2)30-16-8-15(10-27-11-16)19-9-17-20(12-29-19)33-34-23(17)26-31-18-6-7-28-25(24(18)32-26)22-5-4-21(36-22)14(3)35/h4-13,30H,1-3H3,(H,31,32)(H,33,34). The number of fused-ring (bicyclic) bond motifs is 2. The van der Waals surface area contributed by atoms with Crippen LogP contribution in [0, 0.1) is 0 Å². The number of ketones is 1. The molecule has 0 fully saturated rings. The molecule has 0 unspecified atom stereocenters. The summed E-state index contributed by atoms with van der Waals surface area (Å²) in [6.07, 6.45) is 7.12. The molecule has 6 aromatic heterocycles. The number of carbonyl (C=O) groups is 1. The molecule has 0 bridgehead atoms. The maximum Gasteiger partial charge on any atom is 0.169 e. The highest BCUT2D eigenvalue weighted by Gasteiger charge is 2.18. The van der Waals surface area contributed by atoms with Gasteiger partial charge >= 0.3 is 0 Å². The highest BCUT2D eigenvalue weighted by molar-refractivity contribution is 7.17. The van der Waals surface area contributed by atoms with E-state index < -0.39 is 0 Å². The van der Waals surface area contributed by atoms with Crippen LogP contribution in [-0.2, 0) is 0 Å². The van der Waals surface area contributed by atoms with E-state index >= 15 is 0 Å². The van der Waals surface area contributed by atoms with Crippen molar-refractivity contribution in [1.82, 2.24) is 35.1 Å². The van der Waals surface area contributed by atoms with Crippen LogP contribution in [0.15, 0.2) is 55.1 Å². The van der Waals surface area contributed by atoms with Gasteiger partial charge in [-0.1, -0.05) is 0 Å². The Balaban J connectivity index is 1.43. The van der Waals surface area contributed by atoms with E-state index in [-0.39, 0.29) is 5.78 Å². The summed E-state index contributed by atoms with van der Waals surface area (Å²) in [5.41, 5.74) is 6.44. The van der Waals surface area contributed by atoms with Crippen LogP contribution in [0.1, 0.15) is 30.4 Å². The number of hydrogen-bond acceptors (Lipinski definition) is 8. The molecule has 10 heteroatoms. The van der Waals surface area contributed by atoms with Crippen molar-refractivity contribution in [3.63, 3.8) is 0 Å². The van der Waals surface area contributed by atoms with Gasteiger partial charge in [0, 0.05) is 35.6 Å². The lowest BCUT2D eigenvalue weighted by Gasteiger charge is -2.10. The van der Waals surface area contributed by atoms with Gasteiger partial charge in [0.25, 0.3) is 0 Å². The summed E-state index contributed by atoms with van der Waals surface area (Å²) in [6, 6.07) is 9.96. The molecule has 6 heterocycles. The average molecular weight is 495 g/mol. The van der Waals surface area contributed by atoms with Crippen LogP contribution in [-0.4, -0.2) is 46.9 Å². The summed E-state index contributed by atoms with van der Waals surface area (Å²) in [5.74, 6) is 0.661. The first-order valence-electron chi connectivity index (χ1n) is 11.5. The molecule has 6 aromatic rings. The van der Waals surface area contributed by atoms with Crippen LogP contribution in [0.3, 0.4) is 0 Å². The third kappa shape index (κ3) is 3.91. The summed E-state index contributed by atoms with van der Waals surface area (Å²) in [7, 11) is 0. The van der Waals surface area contributed by atoms with E-state index in [1.165, 1.54) is 11.3 Å². The Morgan fingerprint density at radius 1 is 1.03 bits per heavy atom. The van der Waals surface area contributed by atoms with Crippen molar-refractivity contribution in [1.29, 1.82) is 0 Å². The highest BCUT2D eigenvalue weighted by atomic mass is 32.1. The van der Waals surface area contributed by atoms with E-state index in [1.807, 2.05) is 30.3 Å². The smallest absolute Gasteiger partial charge is 0.169 e. The zero-order valence-corrected chi connectivity index (χ0v) is 20.6. The van der Waals surface area contributed by atoms with E-state index in [0.717, 1.165) is 49.5 Å². The minimum Gasteiger partial charge on any atom is -0.382 e. The van der Waals surface area contributed by atoms with E-state index in [9.17, 15) is 4.79 Å². The Bertz CT molecular complexity index is 1750. The summed E-state index contributed by atoms with van der Waals surface area (Å²) in [5, 5.41) is 11.9. The Morgan fingerprint density at radius 2 is 1.92 bits per heavy atom. The van der Waals surface area contributed by atoms with Crippen molar-refractivity contribution >= 4 is 44.7 Å². The number of nitrogens with zero attached hydrogens (tertiary/aromatic N) is 5. The van der Waals surface area contributed by atoms with Gasteiger partial charge in [0.15, 0.2) is 11.6 Å². The number of rotatable bonds is 6. The molecule has 0 aliphatic rings. The maximum atomic E-state index is 11.8. The molecule has 36 heavy (non-hydrogen) atoms. The topological polar surface area (TPSA) is 125 Å². The van der Waals surface area contributed by atoms with E-state index in [2.05, 4.69) is 49.3 Å². The van der Waals surface area contributed by atoms with Gasteiger partial charge in [0.1, 0.15) is 16.9 Å². The number of H-pyrrole nitrogens is 2. The van der Waals surface area contributed by atoms with Crippen molar-refractivity contribution in [2.24, 2.45) is 0 Å². The summed E-state index contributed by atoms with van der Waals surface area (Å²) in [4.78, 5) is 35.1. The van der Waals surface area contributed by atoms with Gasteiger partial charge in [-0.05, 0) is 51.1 Å². The van der Waals surface area contributed by atoms with Crippen LogP contribution >= 0.6 is 11.3 Å². The number of pyridine rings is 3. The Morgan fingerprint density at radius 3 is 2.72 bits per heavy atom. The molecular formula is C26H22N8OS. The van der Waals surface area contributed by atoms with Gasteiger partial charge in [0.05, 0.1) is 38.4 Å². The third-order valence-corrected chi connectivity index (χ3v) is 6.94.